The van der Waals surface area contributed by atoms with Crippen molar-refractivity contribution in [3.63, 3.8) is 0 Å². The van der Waals surface area contributed by atoms with E-state index in [2.05, 4.69) is 296 Å². The summed E-state index contributed by atoms with van der Waals surface area (Å²) in [5.74, 6) is 4.10. The number of hydrogen-bond donors (Lipinski definition) is 0. The van der Waals surface area contributed by atoms with Crippen molar-refractivity contribution >= 4 is 160 Å². The molecule has 0 atom stereocenters. The van der Waals surface area contributed by atoms with E-state index in [4.69, 9.17) is 64.8 Å². The molecule has 0 unspecified atom stereocenters. The van der Waals surface area contributed by atoms with Crippen molar-refractivity contribution in [1.29, 1.82) is 0 Å². The molecule has 0 amide bonds. The van der Waals surface area contributed by atoms with E-state index < -0.39 is 0 Å². The molecule has 0 aliphatic rings. The van der Waals surface area contributed by atoms with Gasteiger partial charge in [0.2, 0.25) is 0 Å². The van der Waals surface area contributed by atoms with E-state index in [1.54, 1.807) is 40.2 Å². The summed E-state index contributed by atoms with van der Waals surface area (Å²) in [4.78, 5) is 70.0. The van der Waals surface area contributed by atoms with Crippen LogP contribution < -0.4 is 0 Å². The molecule has 0 N–H and O–H groups in total. The molecule has 11 aromatic heterocycles. The van der Waals surface area contributed by atoms with Crippen LogP contribution in [0.25, 0.3) is 262 Å². The van der Waals surface area contributed by atoms with Crippen LogP contribution in [0.1, 0.15) is 0 Å². The summed E-state index contributed by atoms with van der Waals surface area (Å²) in [6.45, 7) is 0. The maximum absolute atomic E-state index is 5.28. The first-order valence-corrected chi connectivity index (χ1v) is 46.9. The van der Waals surface area contributed by atoms with Gasteiger partial charge in [-0.2, -0.15) is 0 Å². The van der Waals surface area contributed by atoms with Crippen molar-refractivity contribution in [2.24, 2.45) is 0 Å². The van der Waals surface area contributed by atoms with Crippen molar-refractivity contribution in [1.82, 2.24) is 69.8 Å². The van der Waals surface area contributed by atoms with Crippen LogP contribution in [-0.2, 0) is 0 Å². The zero-order valence-corrected chi connectivity index (χ0v) is 74.3. The molecule has 17 heteroatoms. The maximum atomic E-state index is 5.28. The lowest BCUT2D eigenvalue weighted by Gasteiger charge is -2.14. The van der Waals surface area contributed by atoms with Crippen LogP contribution in [0.15, 0.2) is 425 Å². The minimum absolute atomic E-state index is 0.661. The minimum Gasteiger partial charge on any atom is -0.264 e. The third kappa shape index (κ3) is 14.9. The molecule has 16 aromatic carbocycles. The molecule has 0 spiro atoms. The summed E-state index contributed by atoms with van der Waals surface area (Å²) in [6.07, 6.45) is 5.51. The van der Waals surface area contributed by atoms with Gasteiger partial charge in [-0.05, 0) is 88.3 Å². The zero-order valence-electron chi connectivity index (χ0n) is 71.9. The Bertz CT molecular complexity index is 9310. The first-order chi connectivity index (χ1) is 66.9. The summed E-state index contributed by atoms with van der Waals surface area (Å²) >= 11 is 5.23. The summed E-state index contributed by atoms with van der Waals surface area (Å²) in [5.41, 5.74) is 24.0. The Labute approximate surface area is 784 Å². The number of aromatic nitrogens is 14. The van der Waals surface area contributed by atoms with Gasteiger partial charge >= 0.3 is 0 Å². The summed E-state index contributed by atoms with van der Waals surface area (Å²) in [5, 5.41) is 12.4. The van der Waals surface area contributed by atoms with Crippen molar-refractivity contribution in [3.05, 3.63) is 425 Å². The Hall–Kier alpha value is -17.5. The van der Waals surface area contributed by atoms with Crippen molar-refractivity contribution in [3.8, 4) is 136 Å². The van der Waals surface area contributed by atoms with Gasteiger partial charge in [0, 0.05) is 137 Å². The number of benzene rings is 16. The highest BCUT2D eigenvalue weighted by molar-refractivity contribution is 7.27. The predicted molar refractivity (Wildman–Crippen MR) is 557 cm³/mol. The predicted octanol–water partition coefficient (Wildman–Crippen LogP) is 30.6. The minimum atomic E-state index is 0.661. The third-order valence-corrected chi connectivity index (χ3v) is 28.1. The highest BCUT2D eigenvalue weighted by Gasteiger charge is 2.24. The lowest BCUT2D eigenvalue weighted by molar-refractivity contribution is 1.21. The second kappa shape index (κ2) is 34.1. The van der Waals surface area contributed by atoms with Crippen LogP contribution in [0.3, 0.4) is 0 Å². The van der Waals surface area contributed by atoms with Gasteiger partial charge in [-0.1, -0.05) is 340 Å². The largest absolute Gasteiger partial charge is 0.264 e. The van der Waals surface area contributed by atoms with E-state index in [-0.39, 0.29) is 0 Å². The lowest BCUT2D eigenvalue weighted by atomic mass is 9.94. The fourth-order valence-corrected chi connectivity index (χ4v) is 21.5. The summed E-state index contributed by atoms with van der Waals surface area (Å²) < 4.78 is 6.93. The van der Waals surface area contributed by atoms with E-state index in [0.29, 0.717) is 34.9 Å². The van der Waals surface area contributed by atoms with Gasteiger partial charge in [-0.15, -0.1) is 34.0 Å². The Balaban J connectivity index is 0.000000108. The number of fused-ring (bicyclic) bond motifs is 16. The molecule has 0 saturated heterocycles. The van der Waals surface area contributed by atoms with E-state index in [1.165, 1.54) is 35.6 Å². The first-order valence-electron chi connectivity index (χ1n) is 44.4. The van der Waals surface area contributed by atoms with Crippen molar-refractivity contribution in [2.75, 3.05) is 0 Å². The van der Waals surface area contributed by atoms with Crippen molar-refractivity contribution < 1.29 is 0 Å². The van der Waals surface area contributed by atoms with Gasteiger partial charge in [0.1, 0.15) is 0 Å². The molecule has 0 saturated carbocycles. The van der Waals surface area contributed by atoms with Crippen LogP contribution in [0.2, 0.25) is 0 Å². The standard InChI is InChI=1S/C44H26N4S.C39H23N5S.C35H21N5S/c1-2-12-27(13-3-1)39-42-41(35-19-9-11-21-38(35)49-42)48-44(46-39)29-24-22-28(23-25-29)43-45-37-20-10-8-18-34(37)40(47-43)36-26-30-14-4-5-15-31(30)32-16-6-7-17-33(32)36;1-2-10-24(11-3-1)35-37-36(30-14-6-9-17-33(30)45-37)44-39(43-35)26-20-18-25(19-21-26)38-41-32-16-8-5-13-29(32)34(42-38)28-22-27-12-4-7-15-31(27)40-23-28;1-2-9-22(10-3-1)31-33-32(27-13-5-7-15-29(27)41-33)40-35(39-31)24-18-16-23(17-19-24)34-37-28-14-6-4-12-26(28)30(38-34)25-11-8-20-36-21-25/h1-26H;1-23H;1-21H. The average Bonchev–Trinajstić information content (AvgIpc) is 1.72. The molecule has 135 heavy (non-hydrogen) atoms. The average molecular weight is 1780 g/mol. The molecular formula is C118H70N14S3. The molecule has 0 bridgehead atoms. The molecule has 14 nitrogen and oxygen atoms in total. The normalized spacial score (nSPS) is 11.6. The van der Waals surface area contributed by atoms with E-state index in [1.807, 2.05) is 128 Å². The fraction of sp³-hybridized carbons (Fsp3) is 0. The Morgan fingerprint density at radius 3 is 0.881 bits per heavy atom. The Morgan fingerprint density at radius 2 is 0.474 bits per heavy atom. The number of rotatable bonds is 12. The molecule has 0 aliphatic carbocycles. The molecule has 0 aliphatic heterocycles. The molecule has 630 valence electrons. The van der Waals surface area contributed by atoms with E-state index in [9.17, 15) is 0 Å². The van der Waals surface area contributed by atoms with Crippen LogP contribution >= 0.6 is 34.0 Å². The Kier molecular flexibility index (Phi) is 20.1. The Morgan fingerprint density at radius 1 is 0.170 bits per heavy atom. The van der Waals surface area contributed by atoms with Gasteiger partial charge in [-0.3, -0.25) is 9.97 Å². The van der Waals surface area contributed by atoms with Crippen LogP contribution in [0.5, 0.6) is 0 Å². The molecule has 0 radical (unpaired) electrons. The third-order valence-electron chi connectivity index (χ3n) is 24.6. The number of para-hydroxylation sites is 4. The SMILES string of the molecule is c1ccc(-c2nc(-c3ccc(-c4nc(-c5cc6ccccc6c6ccccc56)c5ccccc5n4)cc3)nc3c2sc2ccccc23)cc1.c1ccc(-c2nc(-c3ccc(-c4nc(-c5cccnc5)c5ccccc5n4)cc3)nc3c2sc2ccccc23)cc1.c1ccc(-c2nc(-c3ccc(-c4nc(-c5cnc6ccccc6c5)c5ccccc5n4)cc3)nc3c2sc2ccccc23)cc1. The number of pyridine rings is 2. The van der Waals surface area contributed by atoms with Gasteiger partial charge in [-0.25, -0.2) is 59.8 Å². The molecule has 27 aromatic rings. The second-order valence-corrected chi connectivity index (χ2v) is 36.1. The fourth-order valence-electron chi connectivity index (χ4n) is 18.1. The molecular weight excluding hydrogens is 1710 g/mol. The summed E-state index contributed by atoms with van der Waals surface area (Å²) in [6, 6.07) is 139. The second-order valence-electron chi connectivity index (χ2n) is 32.9. The lowest BCUT2D eigenvalue weighted by Crippen LogP contribution is -1.97. The number of thiophene rings is 3. The van der Waals surface area contributed by atoms with Crippen molar-refractivity contribution in [2.45, 2.75) is 0 Å². The van der Waals surface area contributed by atoms with Crippen LogP contribution in [-0.4, -0.2) is 69.8 Å². The highest BCUT2D eigenvalue weighted by atomic mass is 32.1. The molecule has 27 rings (SSSR count). The molecule has 0 fully saturated rings. The quantitative estimate of drug-likeness (QED) is 0.105. The first kappa shape index (κ1) is 79.7. The smallest absolute Gasteiger partial charge is 0.160 e. The van der Waals surface area contributed by atoms with E-state index in [0.717, 1.165) is 191 Å². The highest BCUT2D eigenvalue weighted by Crippen LogP contribution is 2.46. The molecule has 11 heterocycles. The van der Waals surface area contributed by atoms with Crippen LogP contribution in [0.4, 0.5) is 0 Å². The monoisotopic (exact) mass is 1780 g/mol. The van der Waals surface area contributed by atoms with Gasteiger partial charge in [0.15, 0.2) is 34.9 Å². The van der Waals surface area contributed by atoms with Gasteiger partial charge in [0.25, 0.3) is 0 Å². The zero-order chi connectivity index (χ0) is 89.2. The van der Waals surface area contributed by atoms with Gasteiger partial charge < -0.3 is 0 Å². The topological polar surface area (TPSA) is 180 Å². The number of nitrogens with zero attached hydrogens (tertiary/aromatic N) is 14. The van der Waals surface area contributed by atoms with E-state index >= 15 is 0 Å². The van der Waals surface area contributed by atoms with Crippen LogP contribution in [0, 0.1) is 0 Å². The van der Waals surface area contributed by atoms with Gasteiger partial charge in [0.05, 0.1) is 86.9 Å². The maximum Gasteiger partial charge on any atom is 0.160 e. The number of hydrogen-bond acceptors (Lipinski definition) is 17. The summed E-state index contributed by atoms with van der Waals surface area (Å²) in [7, 11) is 0.